The number of hydrogen-bond acceptors (Lipinski definition) is 7. The van der Waals surface area contributed by atoms with E-state index in [1.54, 1.807) is 18.2 Å². The van der Waals surface area contributed by atoms with Crippen LogP contribution in [0.25, 0.3) is 10.6 Å². The fourth-order valence-electron chi connectivity index (χ4n) is 3.37. The second kappa shape index (κ2) is 10.7. The second-order valence-corrected chi connectivity index (χ2v) is 9.24. The first-order valence-corrected chi connectivity index (χ1v) is 12.0. The van der Waals surface area contributed by atoms with Crippen LogP contribution in [-0.2, 0) is 28.8 Å². The number of amidine groups is 1. The minimum Gasteiger partial charge on any atom is -0.488 e. The second-order valence-electron chi connectivity index (χ2n) is 7.74. The standard InChI is InChI=1S/C24H21ClF3N3O3S/c1-2-3-4-19-20(35-23(29-19)14-5-7-15(8-6-14)24(26,27)28)13-33-16-9-10-17(18(25)11-16)22-30-21(12-32)34-31-22/h5-12,21H,2-4,13H2,1H3,(H,30,31). The third-order valence-corrected chi connectivity index (χ3v) is 6.66. The lowest BCUT2D eigenvalue weighted by Crippen LogP contribution is -2.31. The molecular formula is C24H21ClF3N3O3S. The highest BCUT2D eigenvalue weighted by Crippen LogP contribution is 2.34. The molecule has 2 heterocycles. The number of oxime groups is 1. The van der Waals surface area contributed by atoms with E-state index in [1.165, 1.54) is 23.5 Å². The molecule has 1 atom stereocenters. The van der Waals surface area contributed by atoms with Gasteiger partial charge in [-0.1, -0.05) is 42.2 Å². The molecule has 4 rings (SSSR count). The Kier molecular flexibility index (Phi) is 7.61. The number of rotatable bonds is 9. The lowest BCUT2D eigenvalue weighted by molar-refractivity contribution is -0.137. The number of aryl methyl sites for hydroxylation is 1. The van der Waals surface area contributed by atoms with Crippen LogP contribution in [0.5, 0.6) is 5.75 Å². The summed E-state index contributed by atoms with van der Waals surface area (Å²) in [4.78, 5) is 21.3. The fraction of sp³-hybridized carbons (Fsp3) is 0.292. The highest BCUT2D eigenvalue weighted by Gasteiger charge is 2.30. The van der Waals surface area contributed by atoms with E-state index in [0.717, 1.165) is 42.0 Å². The van der Waals surface area contributed by atoms with E-state index in [1.807, 2.05) is 0 Å². The Morgan fingerprint density at radius 1 is 1.23 bits per heavy atom. The summed E-state index contributed by atoms with van der Waals surface area (Å²) >= 11 is 7.77. The summed E-state index contributed by atoms with van der Waals surface area (Å²) in [6, 6.07) is 10.1. The Bertz CT molecular complexity index is 1230. The fourth-order valence-corrected chi connectivity index (χ4v) is 4.66. The molecule has 0 spiro atoms. The van der Waals surface area contributed by atoms with Crippen molar-refractivity contribution in [2.45, 2.75) is 45.2 Å². The molecule has 0 aliphatic carbocycles. The molecule has 0 radical (unpaired) electrons. The minimum absolute atomic E-state index is 0.239. The van der Waals surface area contributed by atoms with Crippen molar-refractivity contribution in [2.24, 2.45) is 5.16 Å². The molecule has 1 aliphatic rings. The van der Waals surface area contributed by atoms with Gasteiger partial charge in [0.2, 0.25) is 0 Å². The predicted molar refractivity (Wildman–Crippen MR) is 128 cm³/mol. The zero-order chi connectivity index (χ0) is 25.0. The number of aldehydes is 1. The van der Waals surface area contributed by atoms with Crippen molar-refractivity contribution >= 4 is 35.1 Å². The molecule has 3 aromatic rings. The normalized spacial score (nSPS) is 15.3. The monoisotopic (exact) mass is 523 g/mol. The molecule has 1 N–H and O–H groups in total. The number of nitrogens with zero attached hydrogens (tertiary/aromatic N) is 2. The van der Waals surface area contributed by atoms with Gasteiger partial charge in [-0.15, -0.1) is 11.3 Å². The van der Waals surface area contributed by atoms with Crippen LogP contribution in [0.4, 0.5) is 13.2 Å². The van der Waals surface area contributed by atoms with E-state index < -0.39 is 18.0 Å². The Hall–Kier alpha value is -3.11. The van der Waals surface area contributed by atoms with E-state index in [0.29, 0.717) is 39.0 Å². The number of hydrogen-bond donors (Lipinski definition) is 1. The molecular weight excluding hydrogens is 503 g/mol. The van der Waals surface area contributed by atoms with Crippen LogP contribution in [-0.4, -0.2) is 23.3 Å². The van der Waals surface area contributed by atoms with E-state index >= 15 is 0 Å². The van der Waals surface area contributed by atoms with Crippen LogP contribution in [0.3, 0.4) is 0 Å². The van der Waals surface area contributed by atoms with Crippen molar-refractivity contribution in [3.63, 3.8) is 0 Å². The lowest BCUT2D eigenvalue weighted by Gasteiger charge is -2.09. The number of carbonyl (C=O) groups is 1. The van der Waals surface area contributed by atoms with Gasteiger partial charge in [0.05, 0.1) is 21.2 Å². The number of alkyl halides is 3. The number of halogens is 4. The van der Waals surface area contributed by atoms with Gasteiger partial charge in [-0.3, -0.25) is 4.79 Å². The lowest BCUT2D eigenvalue weighted by atomic mass is 10.1. The van der Waals surface area contributed by atoms with E-state index in [9.17, 15) is 18.0 Å². The smallest absolute Gasteiger partial charge is 0.416 e. The van der Waals surface area contributed by atoms with Gasteiger partial charge < -0.3 is 14.9 Å². The van der Waals surface area contributed by atoms with Crippen LogP contribution in [0.1, 0.15) is 41.5 Å². The largest absolute Gasteiger partial charge is 0.488 e. The van der Waals surface area contributed by atoms with E-state index in [-0.39, 0.29) is 6.61 Å². The Labute approximate surface area is 208 Å². The third kappa shape index (κ3) is 5.94. The van der Waals surface area contributed by atoms with E-state index in [4.69, 9.17) is 21.2 Å². The van der Waals surface area contributed by atoms with Gasteiger partial charge in [0, 0.05) is 11.1 Å². The topological polar surface area (TPSA) is 72.8 Å². The molecule has 0 bridgehead atoms. The minimum atomic E-state index is -4.38. The maximum absolute atomic E-state index is 12.9. The van der Waals surface area contributed by atoms with Gasteiger partial charge >= 0.3 is 6.18 Å². The molecule has 1 aliphatic heterocycles. The summed E-state index contributed by atoms with van der Waals surface area (Å²) in [5, 5.41) is 7.62. The molecule has 1 unspecified atom stereocenters. The summed E-state index contributed by atoms with van der Waals surface area (Å²) in [6.45, 7) is 2.32. The van der Waals surface area contributed by atoms with Gasteiger partial charge in [0.1, 0.15) is 17.4 Å². The van der Waals surface area contributed by atoms with Crippen molar-refractivity contribution in [3.05, 3.63) is 69.2 Å². The van der Waals surface area contributed by atoms with Gasteiger partial charge in [-0.05, 0) is 43.2 Å². The van der Waals surface area contributed by atoms with Crippen molar-refractivity contribution in [3.8, 4) is 16.3 Å². The molecule has 0 amide bonds. The average molecular weight is 524 g/mol. The molecule has 1 aromatic heterocycles. The number of unbranched alkanes of at least 4 members (excludes halogenated alkanes) is 1. The summed E-state index contributed by atoms with van der Waals surface area (Å²) < 4.78 is 44.6. The predicted octanol–water partition coefficient (Wildman–Crippen LogP) is 6.21. The molecule has 0 saturated carbocycles. The first kappa shape index (κ1) is 25.0. The Morgan fingerprint density at radius 2 is 2.00 bits per heavy atom. The maximum atomic E-state index is 12.9. The molecule has 0 fully saturated rings. The summed E-state index contributed by atoms with van der Waals surface area (Å²) in [5.74, 6) is 0.875. The van der Waals surface area contributed by atoms with Crippen molar-refractivity contribution < 1.29 is 27.5 Å². The zero-order valence-corrected chi connectivity index (χ0v) is 20.1. The molecule has 184 valence electrons. The van der Waals surface area contributed by atoms with Crippen LogP contribution < -0.4 is 10.1 Å². The highest BCUT2D eigenvalue weighted by molar-refractivity contribution is 7.15. The SMILES string of the molecule is CCCCc1nc(-c2ccc(C(F)(F)F)cc2)sc1COc1ccc(C2=NOC(C=O)N2)c(Cl)c1. The number of benzene rings is 2. The van der Waals surface area contributed by atoms with Gasteiger partial charge in [-0.25, -0.2) is 4.98 Å². The average Bonchev–Trinajstić information content (AvgIpc) is 3.48. The van der Waals surface area contributed by atoms with Gasteiger partial charge in [-0.2, -0.15) is 13.2 Å². The molecule has 35 heavy (non-hydrogen) atoms. The molecule has 2 aromatic carbocycles. The van der Waals surface area contributed by atoms with Crippen LogP contribution >= 0.6 is 22.9 Å². The Morgan fingerprint density at radius 3 is 2.63 bits per heavy atom. The summed E-state index contributed by atoms with van der Waals surface area (Å²) in [7, 11) is 0. The Balaban J connectivity index is 1.50. The zero-order valence-electron chi connectivity index (χ0n) is 18.6. The van der Waals surface area contributed by atoms with Gasteiger partial charge in [0.15, 0.2) is 12.1 Å². The quantitative estimate of drug-likeness (QED) is 0.338. The van der Waals surface area contributed by atoms with Crippen LogP contribution in [0, 0.1) is 0 Å². The van der Waals surface area contributed by atoms with E-state index in [2.05, 4.69) is 22.4 Å². The number of thiazole rings is 1. The van der Waals surface area contributed by atoms with Crippen LogP contribution in [0.15, 0.2) is 47.6 Å². The van der Waals surface area contributed by atoms with Crippen LogP contribution in [0.2, 0.25) is 5.02 Å². The van der Waals surface area contributed by atoms with Gasteiger partial charge in [0.25, 0.3) is 6.23 Å². The van der Waals surface area contributed by atoms with Crippen molar-refractivity contribution in [1.29, 1.82) is 0 Å². The number of nitrogens with one attached hydrogen (secondary N) is 1. The van der Waals surface area contributed by atoms with Crippen molar-refractivity contribution in [1.82, 2.24) is 10.3 Å². The molecule has 6 nitrogen and oxygen atoms in total. The highest BCUT2D eigenvalue weighted by atomic mass is 35.5. The number of carbonyl (C=O) groups excluding carboxylic acids is 1. The third-order valence-electron chi connectivity index (χ3n) is 5.23. The number of aromatic nitrogens is 1. The van der Waals surface area contributed by atoms with Crippen molar-refractivity contribution in [2.75, 3.05) is 0 Å². The summed E-state index contributed by atoms with van der Waals surface area (Å²) in [6.07, 6.45) is -1.97. The maximum Gasteiger partial charge on any atom is 0.416 e. The number of ether oxygens (including phenoxy) is 1. The summed E-state index contributed by atoms with van der Waals surface area (Å²) in [5.41, 5.74) is 1.37. The molecule has 11 heteroatoms. The first-order valence-electron chi connectivity index (χ1n) is 10.8. The molecule has 0 saturated heterocycles. The first-order chi connectivity index (χ1) is 16.8.